The van der Waals surface area contributed by atoms with Crippen LogP contribution in [0.1, 0.15) is 0 Å². The van der Waals surface area contributed by atoms with E-state index in [1.165, 1.54) is 48.5 Å². The summed E-state index contributed by atoms with van der Waals surface area (Å²) >= 11 is 0. The number of hydrogen-bond acceptors (Lipinski definition) is 2. The van der Waals surface area contributed by atoms with Gasteiger partial charge in [0.2, 0.25) is 0 Å². The van der Waals surface area contributed by atoms with Crippen molar-refractivity contribution in [3.8, 4) is 0 Å². The predicted molar refractivity (Wildman–Crippen MR) is 196 cm³/mol. The van der Waals surface area contributed by atoms with Crippen LogP contribution in [0.15, 0.2) is 168 Å². The highest BCUT2D eigenvalue weighted by Crippen LogP contribution is 2.45. The highest BCUT2D eigenvalue weighted by Gasteiger charge is 2.20. The van der Waals surface area contributed by atoms with Crippen LogP contribution < -0.4 is 4.90 Å². The Kier molecular flexibility index (Phi) is 5.31. The molecule has 0 aliphatic carbocycles. The summed E-state index contributed by atoms with van der Waals surface area (Å²) in [4.78, 5) is 2.43. The molecule has 9 aromatic carbocycles. The van der Waals surface area contributed by atoms with Gasteiger partial charge in [0.25, 0.3) is 0 Å². The molecule has 0 atom stereocenters. The summed E-state index contributed by atoms with van der Waals surface area (Å²) in [7, 11) is 0. The van der Waals surface area contributed by atoms with Crippen LogP contribution in [-0.2, 0) is 0 Å². The van der Waals surface area contributed by atoms with Crippen molar-refractivity contribution in [2.24, 2.45) is 0 Å². The summed E-state index contributed by atoms with van der Waals surface area (Å²) in [5.41, 5.74) is 5.17. The SMILES string of the molecule is c1ccc2c(c1)ccc1ccc(N(c3ccc4oc5c6ccccc6ccc5c4c3)c3cc4ccccc4c4ccccc34)cc12. The first-order chi connectivity index (χ1) is 22.8. The lowest BCUT2D eigenvalue weighted by Gasteiger charge is -2.28. The molecule has 2 nitrogen and oxygen atoms in total. The van der Waals surface area contributed by atoms with Gasteiger partial charge in [-0.25, -0.2) is 0 Å². The highest BCUT2D eigenvalue weighted by atomic mass is 16.3. The lowest BCUT2D eigenvalue weighted by molar-refractivity contribution is 0.672. The molecule has 0 saturated carbocycles. The zero-order chi connectivity index (χ0) is 30.2. The van der Waals surface area contributed by atoms with Gasteiger partial charge < -0.3 is 9.32 Å². The van der Waals surface area contributed by atoms with Crippen LogP contribution >= 0.6 is 0 Å². The van der Waals surface area contributed by atoms with E-state index in [2.05, 4.69) is 169 Å². The summed E-state index contributed by atoms with van der Waals surface area (Å²) < 4.78 is 6.53. The molecule has 0 amide bonds. The van der Waals surface area contributed by atoms with Gasteiger partial charge in [-0.2, -0.15) is 0 Å². The molecule has 1 aromatic heterocycles. The third-order valence-electron chi connectivity index (χ3n) is 9.58. The fourth-order valence-corrected chi connectivity index (χ4v) is 7.41. The van der Waals surface area contributed by atoms with Crippen LogP contribution in [0.4, 0.5) is 17.1 Å². The Morgan fingerprint density at radius 2 is 0.848 bits per heavy atom. The van der Waals surface area contributed by atoms with Crippen molar-refractivity contribution in [1.82, 2.24) is 0 Å². The van der Waals surface area contributed by atoms with Crippen molar-refractivity contribution in [1.29, 1.82) is 0 Å². The topological polar surface area (TPSA) is 16.4 Å². The maximum absolute atomic E-state index is 6.53. The first-order valence-electron chi connectivity index (χ1n) is 15.8. The normalized spacial score (nSPS) is 11.9. The van der Waals surface area contributed by atoms with E-state index in [1.54, 1.807) is 0 Å². The number of rotatable bonds is 3. The lowest BCUT2D eigenvalue weighted by atomic mass is 9.98. The quantitative estimate of drug-likeness (QED) is 0.192. The monoisotopic (exact) mass is 585 g/mol. The van der Waals surface area contributed by atoms with Crippen LogP contribution in [0.25, 0.3) is 75.8 Å². The summed E-state index contributed by atoms with van der Waals surface area (Å²) in [6, 6.07) is 59.2. The summed E-state index contributed by atoms with van der Waals surface area (Å²) in [6.07, 6.45) is 0. The number of fused-ring (bicyclic) bond motifs is 11. The Balaban J connectivity index is 1.30. The molecule has 0 aliphatic rings. The van der Waals surface area contributed by atoms with Crippen molar-refractivity contribution < 1.29 is 4.42 Å². The van der Waals surface area contributed by atoms with E-state index in [9.17, 15) is 0 Å². The summed E-state index contributed by atoms with van der Waals surface area (Å²) in [5, 5.41) is 14.5. The Bertz CT molecular complexity index is 2820. The fraction of sp³-hybridized carbons (Fsp3) is 0. The van der Waals surface area contributed by atoms with Gasteiger partial charge in [-0.05, 0) is 85.6 Å². The molecule has 2 heteroatoms. The zero-order valence-electron chi connectivity index (χ0n) is 24.9. The standard InChI is InChI=1S/C44H27NO/c1-4-12-34-28(9-1)17-18-30-19-21-32(26-40(30)34)45(42-25-31-11-3-5-13-35(31)37-15-7-8-16-38(37)42)33-22-24-43-41(27-33)39-23-20-29-10-2-6-14-36(29)44(39)46-43/h1-27H. The van der Waals surface area contributed by atoms with Crippen molar-refractivity contribution in [2.75, 3.05) is 4.90 Å². The van der Waals surface area contributed by atoms with Crippen molar-refractivity contribution >= 4 is 92.9 Å². The average Bonchev–Trinajstić information content (AvgIpc) is 3.50. The molecule has 0 spiro atoms. The summed E-state index contributed by atoms with van der Waals surface area (Å²) in [5.74, 6) is 0. The molecule has 1 heterocycles. The second kappa shape index (κ2) is 9.69. The second-order valence-corrected chi connectivity index (χ2v) is 12.1. The number of benzene rings is 9. The minimum Gasteiger partial charge on any atom is -0.455 e. The van der Waals surface area contributed by atoms with Gasteiger partial charge in [-0.1, -0.05) is 121 Å². The third kappa shape index (κ3) is 3.71. The van der Waals surface area contributed by atoms with Gasteiger partial charge in [0.05, 0.1) is 5.69 Å². The first-order valence-corrected chi connectivity index (χ1v) is 15.8. The maximum atomic E-state index is 6.53. The van der Waals surface area contributed by atoms with Crippen LogP contribution in [0.2, 0.25) is 0 Å². The van der Waals surface area contributed by atoms with Crippen molar-refractivity contribution in [3.05, 3.63) is 164 Å². The molecule has 0 fully saturated rings. The molecule has 46 heavy (non-hydrogen) atoms. The van der Waals surface area contributed by atoms with Crippen molar-refractivity contribution in [2.45, 2.75) is 0 Å². The zero-order valence-corrected chi connectivity index (χ0v) is 24.9. The third-order valence-corrected chi connectivity index (χ3v) is 9.58. The molecule has 214 valence electrons. The fourth-order valence-electron chi connectivity index (χ4n) is 7.41. The first kappa shape index (κ1) is 25.2. The molecule has 10 rings (SSSR count). The maximum Gasteiger partial charge on any atom is 0.143 e. The Morgan fingerprint density at radius 3 is 1.63 bits per heavy atom. The van der Waals surface area contributed by atoms with Gasteiger partial charge in [-0.15, -0.1) is 0 Å². The number of nitrogens with zero attached hydrogens (tertiary/aromatic N) is 1. The molecule has 0 aliphatic heterocycles. The van der Waals surface area contributed by atoms with Gasteiger partial charge in [-0.3, -0.25) is 0 Å². The predicted octanol–water partition coefficient (Wildman–Crippen LogP) is 12.8. The number of furan rings is 1. The van der Waals surface area contributed by atoms with E-state index in [4.69, 9.17) is 4.42 Å². The van der Waals surface area contributed by atoms with E-state index < -0.39 is 0 Å². The Morgan fingerprint density at radius 1 is 0.326 bits per heavy atom. The smallest absolute Gasteiger partial charge is 0.143 e. The molecular formula is C44H27NO. The van der Waals surface area contributed by atoms with Gasteiger partial charge >= 0.3 is 0 Å². The van der Waals surface area contributed by atoms with Crippen LogP contribution in [0.5, 0.6) is 0 Å². The Hall–Kier alpha value is -6.12. The minimum absolute atomic E-state index is 0.892. The highest BCUT2D eigenvalue weighted by molar-refractivity contribution is 6.18. The number of hydrogen-bond donors (Lipinski definition) is 0. The summed E-state index contributed by atoms with van der Waals surface area (Å²) in [6.45, 7) is 0. The van der Waals surface area contributed by atoms with Crippen LogP contribution in [-0.4, -0.2) is 0 Å². The molecule has 0 radical (unpaired) electrons. The van der Waals surface area contributed by atoms with E-state index in [0.29, 0.717) is 0 Å². The average molecular weight is 586 g/mol. The number of anilines is 3. The van der Waals surface area contributed by atoms with Gasteiger partial charge in [0, 0.05) is 32.9 Å². The van der Waals surface area contributed by atoms with Gasteiger partial charge in [0.15, 0.2) is 0 Å². The molecule has 0 bridgehead atoms. The van der Waals surface area contributed by atoms with Crippen LogP contribution in [0, 0.1) is 0 Å². The van der Waals surface area contributed by atoms with Gasteiger partial charge in [0.1, 0.15) is 11.2 Å². The largest absolute Gasteiger partial charge is 0.455 e. The molecule has 0 saturated heterocycles. The minimum atomic E-state index is 0.892. The van der Waals surface area contributed by atoms with Crippen molar-refractivity contribution in [3.63, 3.8) is 0 Å². The van der Waals surface area contributed by atoms with E-state index in [0.717, 1.165) is 44.4 Å². The second-order valence-electron chi connectivity index (χ2n) is 12.1. The van der Waals surface area contributed by atoms with Crippen LogP contribution in [0.3, 0.4) is 0 Å². The van der Waals surface area contributed by atoms with E-state index in [1.807, 2.05) is 0 Å². The molecule has 0 unspecified atom stereocenters. The van der Waals surface area contributed by atoms with E-state index >= 15 is 0 Å². The lowest BCUT2D eigenvalue weighted by Crippen LogP contribution is -2.10. The molecular weight excluding hydrogens is 558 g/mol. The van der Waals surface area contributed by atoms with E-state index in [-0.39, 0.29) is 0 Å². The Labute approximate surface area is 265 Å². The molecule has 0 N–H and O–H groups in total. The molecule has 10 aromatic rings.